The van der Waals surface area contributed by atoms with Gasteiger partial charge in [-0.3, -0.25) is 0 Å². The summed E-state index contributed by atoms with van der Waals surface area (Å²) in [5.74, 6) is 0.631. The molecule has 0 amide bonds. The molecule has 0 bridgehead atoms. The summed E-state index contributed by atoms with van der Waals surface area (Å²) in [6, 6.07) is 3.08. The molecule has 1 aliphatic heterocycles. The molecule has 0 spiro atoms. The van der Waals surface area contributed by atoms with Gasteiger partial charge in [-0.1, -0.05) is 24.9 Å². The van der Waals surface area contributed by atoms with Crippen molar-refractivity contribution in [1.82, 2.24) is 4.31 Å². The average molecular weight is 317 g/mol. The summed E-state index contributed by atoms with van der Waals surface area (Å²) >= 11 is 5.95. The number of nitrogen functional groups attached to an aromatic ring is 1. The molecule has 4 nitrogen and oxygen atoms in total. The minimum atomic E-state index is -3.50. The molecule has 1 aromatic rings. The van der Waals surface area contributed by atoms with Gasteiger partial charge in [0.25, 0.3) is 0 Å². The maximum atomic E-state index is 12.7. The first-order chi connectivity index (χ1) is 9.36. The van der Waals surface area contributed by atoms with Crippen LogP contribution in [0, 0.1) is 12.8 Å². The monoisotopic (exact) mass is 316 g/mol. The highest BCUT2D eigenvalue weighted by molar-refractivity contribution is 7.89. The summed E-state index contributed by atoms with van der Waals surface area (Å²) in [5, 5.41) is 0.357. The number of hydrogen-bond acceptors (Lipinski definition) is 3. The van der Waals surface area contributed by atoms with Gasteiger partial charge in [-0.2, -0.15) is 4.31 Å². The Morgan fingerprint density at radius 1 is 1.35 bits per heavy atom. The van der Waals surface area contributed by atoms with E-state index in [4.69, 9.17) is 17.3 Å². The molecule has 2 rings (SSSR count). The van der Waals surface area contributed by atoms with E-state index < -0.39 is 10.0 Å². The minimum absolute atomic E-state index is 0.234. The fourth-order valence-electron chi connectivity index (χ4n) is 2.64. The number of halogens is 1. The third kappa shape index (κ3) is 2.95. The summed E-state index contributed by atoms with van der Waals surface area (Å²) in [7, 11) is -3.50. The highest BCUT2D eigenvalue weighted by Gasteiger charge is 2.30. The molecule has 0 aliphatic carbocycles. The first kappa shape index (κ1) is 15.6. The quantitative estimate of drug-likeness (QED) is 0.872. The van der Waals surface area contributed by atoms with E-state index in [-0.39, 0.29) is 4.90 Å². The number of anilines is 1. The molecular weight excluding hydrogens is 296 g/mol. The lowest BCUT2D eigenvalue weighted by molar-refractivity contribution is 0.269. The van der Waals surface area contributed by atoms with Crippen LogP contribution in [0.3, 0.4) is 0 Å². The van der Waals surface area contributed by atoms with Crippen molar-refractivity contribution in [2.75, 3.05) is 18.8 Å². The number of sulfonamides is 1. The van der Waals surface area contributed by atoms with Gasteiger partial charge < -0.3 is 5.73 Å². The molecule has 0 radical (unpaired) electrons. The van der Waals surface area contributed by atoms with Gasteiger partial charge in [-0.25, -0.2) is 8.42 Å². The lowest BCUT2D eigenvalue weighted by atomic mass is 9.96. The second kappa shape index (κ2) is 5.92. The van der Waals surface area contributed by atoms with E-state index in [9.17, 15) is 8.42 Å². The SMILES string of the molecule is CCC1CCN(S(=O)(=O)c2cc(Cl)cc(N)c2C)CC1. The fourth-order valence-corrected chi connectivity index (χ4v) is 4.68. The van der Waals surface area contributed by atoms with Crippen LogP contribution in [-0.2, 0) is 10.0 Å². The van der Waals surface area contributed by atoms with Crippen LogP contribution in [0.2, 0.25) is 5.02 Å². The lowest BCUT2D eigenvalue weighted by Gasteiger charge is -2.31. The van der Waals surface area contributed by atoms with Gasteiger partial charge in [0.05, 0.1) is 4.90 Å². The van der Waals surface area contributed by atoms with Crippen molar-refractivity contribution in [3.63, 3.8) is 0 Å². The molecule has 0 atom stereocenters. The molecule has 0 saturated carbocycles. The van der Waals surface area contributed by atoms with Crippen LogP contribution in [0.1, 0.15) is 31.7 Å². The number of hydrogen-bond donors (Lipinski definition) is 1. The van der Waals surface area contributed by atoms with Crippen LogP contribution in [0.5, 0.6) is 0 Å². The number of piperidine rings is 1. The summed E-state index contributed by atoms with van der Waals surface area (Å²) in [6.45, 7) is 5.02. The number of benzene rings is 1. The van der Waals surface area contributed by atoms with Crippen LogP contribution in [-0.4, -0.2) is 25.8 Å². The maximum Gasteiger partial charge on any atom is 0.243 e. The molecule has 2 N–H and O–H groups in total. The molecule has 6 heteroatoms. The van der Waals surface area contributed by atoms with E-state index in [1.165, 1.54) is 6.07 Å². The first-order valence-electron chi connectivity index (χ1n) is 6.92. The Morgan fingerprint density at radius 2 is 1.95 bits per heavy atom. The van der Waals surface area contributed by atoms with Crippen molar-refractivity contribution in [2.45, 2.75) is 38.0 Å². The molecule has 20 heavy (non-hydrogen) atoms. The molecule has 1 heterocycles. The second-order valence-corrected chi connectivity index (χ2v) is 7.72. The fraction of sp³-hybridized carbons (Fsp3) is 0.571. The largest absolute Gasteiger partial charge is 0.398 e. The van der Waals surface area contributed by atoms with Gasteiger partial charge in [0.1, 0.15) is 0 Å². The molecule has 1 aliphatic rings. The van der Waals surface area contributed by atoms with E-state index in [1.54, 1.807) is 17.3 Å². The van der Waals surface area contributed by atoms with Crippen LogP contribution in [0.4, 0.5) is 5.69 Å². The molecule has 0 unspecified atom stereocenters. The van der Waals surface area contributed by atoms with Crippen LogP contribution >= 0.6 is 11.6 Å². The van der Waals surface area contributed by atoms with Crippen molar-refractivity contribution < 1.29 is 8.42 Å². The van der Waals surface area contributed by atoms with Crippen molar-refractivity contribution >= 4 is 27.3 Å². The highest BCUT2D eigenvalue weighted by Crippen LogP contribution is 2.31. The van der Waals surface area contributed by atoms with Gasteiger partial charge in [-0.05, 0) is 43.4 Å². The first-order valence-corrected chi connectivity index (χ1v) is 8.73. The summed E-state index contributed by atoms with van der Waals surface area (Å²) in [6.07, 6.45) is 2.95. The zero-order chi connectivity index (χ0) is 14.9. The normalized spacial score (nSPS) is 18.4. The summed E-state index contributed by atoms with van der Waals surface area (Å²) in [4.78, 5) is 0.234. The van der Waals surface area contributed by atoms with Gasteiger partial charge >= 0.3 is 0 Å². The van der Waals surface area contributed by atoms with E-state index in [2.05, 4.69) is 6.92 Å². The van der Waals surface area contributed by atoms with Gasteiger partial charge in [0, 0.05) is 23.8 Å². The summed E-state index contributed by atoms with van der Waals surface area (Å²) in [5.41, 5.74) is 6.82. The van der Waals surface area contributed by atoms with Crippen molar-refractivity contribution in [3.05, 3.63) is 22.7 Å². The number of nitrogens with two attached hydrogens (primary N) is 1. The minimum Gasteiger partial charge on any atom is -0.398 e. The molecule has 112 valence electrons. The topological polar surface area (TPSA) is 63.4 Å². The van der Waals surface area contributed by atoms with E-state index in [1.807, 2.05) is 0 Å². The smallest absolute Gasteiger partial charge is 0.243 e. The summed E-state index contributed by atoms with van der Waals surface area (Å²) < 4.78 is 27.0. The van der Waals surface area contributed by atoms with Gasteiger partial charge in [0.15, 0.2) is 0 Å². The number of rotatable bonds is 3. The third-order valence-corrected chi connectivity index (χ3v) is 6.38. The van der Waals surface area contributed by atoms with E-state index in [0.717, 1.165) is 19.3 Å². The Balaban J connectivity index is 2.32. The van der Waals surface area contributed by atoms with Crippen molar-refractivity contribution in [2.24, 2.45) is 5.92 Å². The predicted octanol–water partition coefficient (Wildman–Crippen LogP) is 3.04. The maximum absolute atomic E-state index is 12.7. The van der Waals surface area contributed by atoms with Gasteiger partial charge in [0.2, 0.25) is 10.0 Å². The standard InChI is InChI=1S/C14H21ClN2O2S/c1-3-11-4-6-17(7-5-11)20(18,19)14-9-12(15)8-13(16)10(14)2/h8-9,11H,3-7,16H2,1-2H3. The van der Waals surface area contributed by atoms with Crippen LogP contribution < -0.4 is 5.73 Å². The molecule has 1 fully saturated rings. The van der Waals surface area contributed by atoms with Crippen LogP contribution in [0.25, 0.3) is 0 Å². The van der Waals surface area contributed by atoms with Gasteiger partial charge in [-0.15, -0.1) is 0 Å². The Morgan fingerprint density at radius 3 is 2.50 bits per heavy atom. The van der Waals surface area contributed by atoms with Crippen molar-refractivity contribution in [3.8, 4) is 0 Å². The Bertz CT molecular complexity index is 593. The third-order valence-electron chi connectivity index (χ3n) is 4.13. The molecular formula is C14H21ClN2O2S. The zero-order valence-electron chi connectivity index (χ0n) is 11.9. The Kier molecular flexibility index (Phi) is 4.62. The Hall–Kier alpha value is -0.780. The van der Waals surface area contributed by atoms with E-state index >= 15 is 0 Å². The van der Waals surface area contributed by atoms with Crippen LogP contribution in [0.15, 0.2) is 17.0 Å². The van der Waals surface area contributed by atoms with Crippen molar-refractivity contribution in [1.29, 1.82) is 0 Å². The Labute approximate surface area is 126 Å². The molecule has 1 saturated heterocycles. The van der Waals surface area contributed by atoms with E-state index in [0.29, 0.717) is 35.3 Å². The molecule has 1 aromatic carbocycles. The predicted molar refractivity (Wildman–Crippen MR) is 82.4 cm³/mol. The zero-order valence-corrected chi connectivity index (χ0v) is 13.5. The molecule has 0 aromatic heterocycles. The second-order valence-electron chi connectivity index (χ2n) is 5.37. The highest BCUT2D eigenvalue weighted by atomic mass is 35.5. The average Bonchev–Trinajstić information content (AvgIpc) is 2.42. The number of nitrogens with zero attached hydrogens (tertiary/aromatic N) is 1. The lowest BCUT2D eigenvalue weighted by Crippen LogP contribution is -2.38.